The van der Waals surface area contributed by atoms with Gasteiger partial charge in [-0.25, -0.2) is 0 Å². The van der Waals surface area contributed by atoms with Crippen molar-refractivity contribution in [2.24, 2.45) is 0 Å². The lowest BCUT2D eigenvalue weighted by atomic mass is 9.75. The predicted octanol–water partition coefficient (Wildman–Crippen LogP) is 5.95. The summed E-state index contributed by atoms with van der Waals surface area (Å²) < 4.78 is 1.89. The summed E-state index contributed by atoms with van der Waals surface area (Å²) >= 11 is 7.14. The van der Waals surface area contributed by atoms with Crippen molar-refractivity contribution in [3.05, 3.63) is 49.2 Å². The Kier molecular flexibility index (Phi) is 4.00. The highest BCUT2D eigenvalue weighted by Crippen LogP contribution is 2.44. The second kappa shape index (κ2) is 5.85. The van der Waals surface area contributed by atoms with Crippen LogP contribution in [-0.4, -0.2) is 10.9 Å². The summed E-state index contributed by atoms with van der Waals surface area (Å²) in [5, 5.41) is 2.99. The Morgan fingerprint density at radius 1 is 1.20 bits per heavy atom. The molecule has 130 valence electrons. The summed E-state index contributed by atoms with van der Waals surface area (Å²) in [5.41, 5.74) is 7.51. The largest absolute Gasteiger partial charge is 0.359 e. The number of hydrogen-bond acceptors (Lipinski definition) is 1. The number of aryl methyl sites for hydroxylation is 1. The van der Waals surface area contributed by atoms with E-state index in [0.29, 0.717) is 5.57 Å². The molecule has 0 saturated carbocycles. The Morgan fingerprint density at radius 3 is 2.68 bits per heavy atom. The van der Waals surface area contributed by atoms with E-state index in [1.165, 1.54) is 24.1 Å². The first-order valence-corrected chi connectivity index (χ1v) is 10.1. The molecule has 3 nitrogen and oxygen atoms in total. The first-order chi connectivity index (χ1) is 11.8. The highest BCUT2D eigenvalue weighted by atomic mass is 79.9. The van der Waals surface area contributed by atoms with Crippen LogP contribution in [0.15, 0.2) is 21.1 Å². The molecule has 0 radical (unpaired) electrons. The summed E-state index contributed by atoms with van der Waals surface area (Å²) in [6.45, 7) is 6.63. The number of amides is 1. The standard InChI is InChI=1S/C20H20Br2N2O/c1-10-14(21)9-15(22)18-17(10)12(19(25)24-18)7-11-8-13-16(23-11)5-4-6-20(13,2)3/h7-9,23H,4-6H2,1-3H3,(H,24,25). The monoisotopic (exact) mass is 462 g/mol. The van der Waals surface area contributed by atoms with E-state index in [2.05, 4.69) is 62.1 Å². The molecule has 2 aromatic rings. The number of halogens is 2. The molecule has 0 spiro atoms. The van der Waals surface area contributed by atoms with Crippen molar-refractivity contribution in [3.63, 3.8) is 0 Å². The summed E-state index contributed by atoms with van der Waals surface area (Å²) in [5.74, 6) is -0.0521. The third-order valence-electron chi connectivity index (χ3n) is 5.41. The fourth-order valence-electron chi connectivity index (χ4n) is 4.01. The van der Waals surface area contributed by atoms with Gasteiger partial charge < -0.3 is 10.3 Å². The number of rotatable bonds is 1. The zero-order valence-corrected chi connectivity index (χ0v) is 17.7. The Hall–Kier alpha value is -1.33. The molecule has 25 heavy (non-hydrogen) atoms. The molecule has 2 heterocycles. The van der Waals surface area contributed by atoms with E-state index in [0.717, 1.165) is 37.9 Å². The Labute approximate surface area is 164 Å². The van der Waals surface area contributed by atoms with Crippen LogP contribution in [0, 0.1) is 6.92 Å². The Bertz CT molecular complexity index is 938. The number of carbonyl (C=O) groups excluding carboxylic acids is 1. The van der Waals surface area contributed by atoms with Gasteiger partial charge in [-0.1, -0.05) is 29.8 Å². The number of hydrogen-bond donors (Lipinski definition) is 2. The van der Waals surface area contributed by atoms with E-state index < -0.39 is 0 Å². The predicted molar refractivity (Wildman–Crippen MR) is 110 cm³/mol. The highest BCUT2D eigenvalue weighted by Gasteiger charge is 2.31. The van der Waals surface area contributed by atoms with E-state index in [4.69, 9.17) is 0 Å². The van der Waals surface area contributed by atoms with Crippen molar-refractivity contribution in [3.8, 4) is 0 Å². The zero-order chi connectivity index (χ0) is 17.9. The molecule has 1 aliphatic carbocycles. The highest BCUT2D eigenvalue weighted by molar-refractivity contribution is 9.11. The third kappa shape index (κ3) is 2.72. The minimum Gasteiger partial charge on any atom is -0.359 e. The molecule has 2 aliphatic rings. The van der Waals surface area contributed by atoms with Gasteiger partial charge in [0.25, 0.3) is 5.91 Å². The van der Waals surface area contributed by atoms with Gasteiger partial charge in [-0.15, -0.1) is 0 Å². The van der Waals surface area contributed by atoms with Crippen LogP contribution in [0.2, 0.25) is 0 Å². The van der Waals surface area contributed by atoms with Gasteiger partial charge in [0.05, 0.1) is 11.3 Å². The molecule has 0 saturated heterocycles. The number of aromatic nitrogens is 1. The van der Waals surface area contributed by atoms with E-state index in [1.807, 2.05) is 19.1 Å². The van der Waals surface area contributed by atoms with Gasteiger partial charge in [0, 0.05) is 25.9 Å². The van der Waals surface area contributed by atoms with Crippen molar-refractivity contribution in [2.75, 3.05) is 5.32 Å². The fraction of sp³-hybridized carbons (Fsp3) is 0.350. The molecule has 1 aromatic carbocycles. The van der Waals surface area contributed by atoms with E-state index >= 15 is 0 Å². The van der Waals surface area contributed by atoms with Gasteiger partial charge in [0.15, 0.2) is 0 Å². The molecule has 0 atom stereocenters. The van der Waals surface area contributed by atoms with Gasteiger partial charge in [-0.05, 0) is 76.9 Å². The summed E-state index contributed by atoms with van der Waals surface area (Å²) in [6.07, 6.45) is 5.48. The molecule has 1 aliphatic heterocycles. The maximum absolute atomic E-state index is 12.6. The number of anilines is 1. The normalized spacial score (nSPS) is 19.7. The van der Waals surface area contributed by atoms with Crippen LogP contribution in [0.1, 0.15) is 54.8 Å². The average molecular weight is 464 g/mol. The SMILES string of the molecule is Cc1c(Br)cc(Br)c2c1C(=Cc1cc3c([nH]1)CCCC3(C)C)C(=O)N2. The Balaban J connectivity index is 1.85. The van der Waals surface area contributed by atoms with Gasteiger partial charge in [0.1, 0.15) is 0 Å². The maximum Gasteiger partial charge on any atom is 0.256 e. The lowest BCUT2D eigenvalue weighted by Gasteiger charge is -2.29. The number of fused-ring (bicyclic) bond motifs is 2. The van der Waals surface area contributed by atoms with Gasteiger partial charge >= 0.3 is 0 Å². The number of H-pyrrole nitrogens is 1. The molecule has 4 rings (SSSR count). The summed E-state index contributed by atoms with van der Waals surface area (Å²) in [7, 11) is 0. The van der Waals surface area contributed by atoms with E-state index in [1.54, 1.807) is 0 Å². The summed E-state index contributed by atoms with van der Waals surface area (Å²) in [4.78, 5) is 16.1. The third-order valence-corrected chi connectivity index (χ3v) is 6.85. The number of nitrogens with one attached hydrogen (secondary N) is 2. The zero-order valence-electron chi connectivity index (χ0n) is 14.5. The minimum atomic E-state index is -0.0521. The molecule has 2 N–H and O–H groups in total. The molecular formula is C20H20Br2N2O. The molecule has 0 fully saturated rings. The van der Waals surface area contributed by atoms with Crippen LogP contribution < -0.4 is 5.32 Å². The van der Waals surface area contributed by atoms with Gasteiger partial charge in [-0.2, -0.15) is 0 Å². The van der Waals surface area contributed by atoms with Crippen molar-refractivity contribution in [2.45, 2.75) is 45.4 Å². The van der Waals surface area contributed by atoms with Crippen LogP contribution in [0.4, 0.5) is 5.69 Å². The van der Waals surface area contributed by atoms with Crippen molar-refractivity contribution >= 4 is 55.1 Å². The second-order valence-electron chi connectivity index (χ2n) is 7.58. The average Bonchev–Trinajstić information content (AvgIpc) is 3.08. The van der Waals surface area contributed by atoms with E-state index in [-0.39, 0.29) is 11.3 Å². The van der Waals surface area contributed by atoms with Crippen molar-refractivity contribution in [1.82, 2.24) is 4.98 Å². The first kappa shape index (κ1) is 17.1. The minimum absolute atomic E-state index is 0.0521. The summed E-state index contributed by atoms with van der Waals surface area (Å²) in [6, 6.07) is 4.20. The number of carbonyl (C=O) groups is 1. The van der Waals surface area contributed by atoms with Gasteiger partial charge in [0.2, 0.25) is 0 Å². The van der Waals surface area contributed by atoms with Crippen LogP contribution >= 0.6 is 31.9 Å². The first-order valence-electron chi connectivity index (χ1n) is 8.52. The van der Waals surface area contributed by atoms with Crippen LogP contribution in [0.5, 0.6) is 0 Å². The Morgan fingerprint density at radius 2 is 1.96 bits per heavy atom. The fourth-order valence-corrected chi connectivity index (χ4v) is 5.27. The van der Waals surface area contributed by atoms with Gasteiger partial charge in [-0.3, -0.25) is 4.79 Å². The topological polar surface area (TPSA) is 44.9 Å². The van der Waals surface area contributed by atoms with E-state index in [9.17, 15) is 4.79 Å². The molecule has 1 amide bonds. The van der Waals surface area contributed by atoms with Crippen LogP contribution in [-0.2, 0) is 16.6 Å². The molecule has 0 unspecified atom stereocenters. The van der Waals surface area contributed by atoms with Crippen molar-refractivity contribution < 1.29 is 4.79 Å². The van der Waals surface area contributed by atoms with Crippen LogP contribution in [0.25, 0.3) is 11.6 Å². The quantitative estimate of drug-likeness (QED) is 0.504. The molecule has 5 heteroatoms. The smallest absolute Gasteiger partial charge is 0.256 e. The maximum atomic E-state index is 12.6. The lowest BCUT2D eigenvalue weighted by molar-refractivity contribution is -0.110. The second-order valence-corrected chi connectivity index (χ2v) is 9.29. The number of benzene rings is 1. The molecule has 1 aromatic heterocycles. The van der Waals surface area contributed by atoms with Crippen molar-refractivity contribution in [1.29, 1.82) is 0 Å². The lowest BCUT2D eigenvalue weighted by Crippen LogP contribution is -2.22. The molecular weight excluding hydrogens is 444 g/mol. The molecule has 0 bridgehead atoms. The van der Waals surface area contributed by atoms with Crippen LogP contribution in [0.3, 0.4) is 0 Å². The number of aromatic amines is 1.